The van der Waals surface area contributed by atoms with Crippen molar-refractivity contribution in [2.45, 2.75) is 206 Å². The Morgan fingerprint density at radius 2 is 0.861 bits per heavy atom. The lowest BCUT2D eigenvalue weighted by Gasteiger charge is -2.29. The summed E-state index contributed by atoms with van der Waals surface area (Å²) in [4.78, 5) is 25.3. The zero-order chi connectivity index (χ0) is 52.7. The maximum Gasteiger partial charge on any atom is 0.268 e. The second-order valence-corrected chi connectivity index (χ2v) is 21.0. The first-order valence-electron chi connectivity index (χ1n) is 28.2. The van der Waals surface area contributed by atoms with Crippen LogP contribution in [0.3, 0.4) is 0 Å². The fourth-order valence-electron chi connectivity index (χ4n) is 7.14. The van der Waals surface area contributed by atoms with Gasteiger partial charge in [-0.3, -0.25) is 9.36 Å². The van der Waals surface area contributed by atoms with Crippen molar-refractivity contribution in [2.75, 3.05) is 40.9 Å². The lowest BCUT2D eigenvalue weighted by Crippen LogP contribution is -2.45. The van der Waals surface area contributed by atoms with Gasteiger partial charge in [0.15, 0.2) is 0 Å². The first-order chi connectivity index (χ1) is 35.0. The molecule has 3 unspecified atom stereocenters. The average Bonchev–Trinajstić information content (AvgIpc) is 3.34. The molecule has 0 fully saturated rings. The van der Waals surface area contributed by atoms with Crippen LogP contribution in [0, 0.1) is 0 Å². The van der Waals surface area contributed by atoms with Gasteiger partial charge in [0.1, 0.15) is 13.2 Å². The zero-order valence-electron chi connectivity index (χ0n) is 46.3. The molecule has 3 atom stereocenters. The van der Waals surface area contributed by atoms with E-state index in [9.17, 15) is 19.4 Å². The number of aliphatic hydroxyl groups excluding tert-OH is 1. The van der Waals surface area contributed by atoms with Crippen molar-refractivity contribution in [2.24, 2.45) is 0 Å². The molecule has 0 rings (SSSR count). The highest BCUT2D eigenvalue weighted by atomic mass is 31.2. The summed E-state index contributed by atoms with van der Waals surface area (Å²) in [7, 11) is 1.22. The van der Waals surface area contributed by atoms with Gasteiger partial charge in [0.05, 0.1) is 39.9 Å². The summed E-state index contributed by atoms with van der Waals surface area (Å²) < 4.78 is 23.2. The molecule has 8 nitrogen and oxygen atoms in total. The van der Waals surface area contributed by atoms with Crippen molar-refractivity contribution in [3.8, 4) is 0 Å². The molecule has 0 aromatic heterocycles. The molecule has 72 heavy (non-hydrogen) atoms. The van der Waals surface area contributed by atoms with E-state index in [0.29, 0.717) is 17.4 Å². The number of rotatable bonds is 49. The molecular weight excluding hydrogens is 912 g/mol. The Morgan fingerprint density at radius 1 is 0.500 bits per heavy atom. The van der Waals surface area contributed by atoms with E-state index >= 15 is 0 Å². The van der Waals surface area contributed by atoms with Crippen molar-refractivity contribution in [1.29, 1.82) is 0 Å². The maximum absolute atomic E-state index is 12.9. The van der Waals surface area contributed by atoms with Crippen LogP contribution in [0.25, 0.3) is 0 Å². The van der Waals surface area contributed by atoms with E-state index in [1.54, 1.807) is 6.08 Å². The molecule has 0 saturated carbocycles. The number of quaternary nitrogens is 1. The molecule has 1 amide bonds. The Balaban J connectivity index is 4.03. The van der Waals surface area contributed by atoms with Crippen molar-refractivity contribution < 1.29 is 32.9 Å². The van der Waals surface area contributed by atoms with Gasteiger partial charge in [-0.2, -0.15) is 0 Å². The van der Waals surface area contributed by atoms with Crippen LogP contribution in [-0.2, 0) is 18.4 Å². The SMILES string of the molecule is CC/C=C\C/C=C\C/C=C\C/C=C\C/C=C\C/C=C\C/C=C\C/C=C\C/C=C\C/C=C\CCCCCCCCCCCCC(=O)NC(COP(=O)([O-])OCC[N+](C)(C)C)C(O)/C=C/CC/C=C/CCCCC. The maximum atomic E-state index is 12.9. The van der Waals surface area contributed by atoms with E-state index in [4.69, 9.17) is 9.05 Å². The summed E-state index contributed by atoms with van der Waals surface area (Å²) in [6.45, 7) is 4.42. The molecule has 0 radical (unpaired) electrons. The first kappa shape index (κ1) is 68.4. The largest absolute Gasteiger partial charge is 0.756 e. The number of hydrogen-bond acceptors (Lipinski definition) is 6. The highest BCUT2D eigenvalue weighted by Gasteiger charge is 2.23. The molecular formula is C63H105N2O6P. The third kappa shape index (κ3) is 54.2. The molecule has 9 heteroatoms. The predicted octanol–water partition coefficient (Wildman–Crippen LogP) is 16.7. The molecule has 0 aliphatic rings. The van der Waals surface area contributed by atoms with Crippen molar-refractivity contribution in [1.82, 2.24) is 5.32 Å². The molecule has 0 saturated heterocycles. The van der Waals surface area contributed by atoms with E-state index < -0.39 is 26.6 Å². The Bertz CT molecular complexity index is 1670. The average molecular weight is 1020 g/mol. The van der Waals surface area contributed by atoms with Crippen molar-refractivity contribution in [3.63, 3.8) is 0 Å². The Labute approximate surface area is 442 Å². The number of aliphatic hydroxyl groups is 1. The minimum Gasteiger partial charge on any atom is -0.756 e. The van der Waals surface area contributed by atoms with E-state index in [1.165, 1.54) is 57.8 Å². The standard InChI is InChI=1S/C63H105N2O6P/c1-6-8-10-12-14-16-17-18-19-20-21-22-23-24-25-26-27-28-29-30-31-32-33-34-35-36-37-38-39-40-41-42-43-44-45-46-47-49-51-53-55-57-63(67)64-61(60-71-72(68,69)70-59-58-65(3,4)5)62(66)56-54-52-50-48-15-13-11-9-7-2/h8,10,14-16,18-19,21-22,24-25,27-28,30-31,33-34,36-37,39-40,48,54,56,61-62,66H,6-7,9,11-13,17,20,23,26,29,32,35,38,41-47,49-53,55,57-60H2,1-5H3,(H-,64,67,68,69)/b10-8-,16-14-,19-18-,22-21-,25-24-,28-27-,31-30-,34-33-,37-36-,40-39-,48-15+,56-54+. The molecule has 0 aliphatic carbocycles. The fraction of sp³-hybridized carbons (Fsp3) is 0.603. The van der Waals surface area contributed by atoms with Gasteiger partial charge in [-0.15, -0.1) is 0 Å². The lowest BCUT2D eigenvalue weighted by atomic mass is 10.0. The summed E-state index contributed by atoms with van der Waals surface area (Å²) in [5.41, 5.74) is 0. The first-order valence-corrected chi connectivity index (χ1v) is 29.7. The number of amides is 1. The Kier molecular flexibility index (Phi) is 49.6. The van der Waals surface area contributed by atoms with E-state index in [1.807, 2.05) is 27.2 Å². The summed E-state index contributed by atoms with van der Waals surface area (Å²) in [5.74, 6) is -0.222. The Hall–Kier alpha value is -3.62. The number of hydrogen-bond donors (Lipinski definition) is 2. The third-order valence-electron chi connectivity index (χ3n) is 11.5. The van der Waals surface area contributed by atoms with Crippen LogP contribution in [0.1, 0.15) is 194 Å². The topological polar surface area (TPSA) is 108 Å². The van der Waals surface area contributed by atoms with Crippen LogP contribution in [0.4, 0.5) is 0 Å². The van der Waals surface area contributed by atoms with E-state index in [0.717, 1.165) is 116 Å². The third-order valence-corrected chi connectivity index (χ3v) is 12.5. The number of phosphoric ester groups is 1. The normalized spacial score (nSPS) is 15.0. The highest BCUT2D eigenvalue weighted by molar-refractivity contribution is 7.45. The Morgan fingerprint density at radius 3 is 1.29 bits per heavy atom. The van der Waals surface area contributed by atoms with Gasteiger partial charge in [-0.05, 0) is 109 Å². The van der Waals surface area contributed by atoms with Crippen LogP contribution < -0.4 is 10.2 Å². The highest BCUT2D eigenvalue weighted by Crippen LogP contribution is 2.38. The molecule has 2 N–H and O–H groups in total. The fourth-order valence-corrected chi connectivity index (χ4v) is 7.86. The minimum atomic E-state index is -4.60. The number of allylic oxidation sites excluding steroid dienone is 23. The lowest BCUT2D eigenvalue weighted by molar-refractivity contribution is -0.870. The predicted molar refractivity (Wildman–Crippen MR) is 311 cm³/mol. The smallest absolute Gasteiger partial charge is 0.268 e. The monoisotopic (exact) mass is 1020 g/mol. The van der Waals surface area contributed by atoms with Gasteiger partial charge >= 0.3 is 0 Å². The van der Waals surface area contributed by atoms with Crippen molar-refractivity contribution in [3.05, 3.63) is 146 Å². The van der Waals surface area contributed by atoms with Crippen molar-refractivity contribution >= 4 is 13.7 Å². The number of unbranched alkanes of at least 4 members (excludes halogenated alkanes) is 14. The minimum absolute atomic E-state index is 0.0144. The second-order valence-electron chi connectivity index (χ2n) is 19.5. The van der Waals surface area contributed by atoms with Crippen LogP contribution in [0.15, 0.2) is 146 Å². The van der Waals surface area contributed by atoms with Gasteiger partial charge in [0.2, 0.25) is 5.91 Å². The number of phosphoric acid groups is 1. The summed E-state index contributed by atoms with van der Waals surface area (Å²) >= 11 is 0. The van der Waals surface area contributed by atoms with Gasteiger partial charge in [0, 0.05) is 6.42 Å². The molecule has 0 aliphatic heterocycles. The molecule has 0 bridgehead atoms. The molecule has 0 heterocycles. The zero-order valence-corrected chi connectivity index (χ0v) is 47.2. The van der Waals surface area contributed by atoms with E-state index in [2.05, 4.69) is 153 Å². The molecule has 0 aromatic rings. The molecule has 0 spiro atoms. The molecule has 408 valence electrons. The van der Waals surface area contributed by atoms with Gasteiger partial charge in [0.25, 0.3) is 7.82 Å². The summed E-state index contributed by atoms with van der Waals surface area (Å²) in [6.07, 6.45) is 80.9. The second kappa shape index (κ2) is 52.3. The quantitative estimate of drug-likeness (QED) is 0.0272. The summed E-state index contributed by atoms with van der Waals surface area (Å²) in [6, 6.07) is -0.913. The van der Waals surface area contributed by atoms with Gasteiger partial charge in [-0.1, -0.05) is 224 Å². The van der Waals surface area contributed by atoms with Crippen LogP contribution in [0.2, 0.25) is 0 Å². The molecule has 0 aromatic carbocycles. The number of carbonyl (C=O) groups is 1. The van der Waals surface area contributed by atoms with Gasteiger partial charge in [-0.25, -0.2) is 0 Å². The number of likely N-dealkylation sites (N-methyl/N-ethyl adjacent to an activating group) is 1. The van der Waals surface area contributed by atoms with Gasteiger partial charge < -0.3 is 28.8 Å². The van der Waals surface area contributed by atoms with Crippen LogP contribution in [-0.4, -0.2) is 68.5 Å². The number of carbonyl (C=O) groups excluding carboxylic acids is 1. The van der Waals surface area contributed by atoms with E-state index in [-0.39, 0.29) is 12.5 Å². The number of nitrogens with zero attached hydrogens (tertiary/aromatic N) is 1. The van der Waals surface area contributed by atoms with Crippen LogP contribution in [0.5, 0.6) is 0 Å². The van der Waals surface area contributed by atoms with Crippen LogP contribution >= 0.6 is 7.82 Å². The summed E-state index contributed by atoms with van der Waals surface area (Å²) in [5, 5.41) is 13.7. The number of nitrogens with one attached hydrogen (secondary N) is 1.